The molecule has 0 bridgehead atoms. The second kappa shape index (κ2) is 4.41. The van der Waals surface area contributed by atoms with Gasteiger partial charge in [0.25, 0.3) is 0 Å². The summed E-state index contributed by atoms with van der Waals surface area (Å²) in [6.45, 7) is -0.216. The van der Waals surface area contributed by atoms with Crippen LogP contribution in [0.1, 0.15) is 17.7 Å². The minimum absolute atomic E-state index is 0.0609. The number of alkyl halides is 3. The van der Waals surface area contributed by atoms with Gasteiger partial charge in [0, 0.05) is 11.8 Å². The predicted octanol–water partition coefficient (Wildman–Crippen LogP) is 3.42. The molecule has 2 rings (SSSR count). The average Bonchev–Trinajstić information content (AvgIpc) is 2.67. The number of furan rings is 1. The van der Waals surface area contributed by atoms with Gasteiger partial charge in [-0.3, -0.25) is 0 Å². The number of aliphatic hydroxyl groups is 1. The van der Waals surface area contributed by atoms with E-state index in [4.69, 9.17) is 9.52 Å². The molecule has 0 aliphatic heterocycles. The van der Waals surface area contributed by atoms with Crippen molar-refractivity contribution in [3.8, 4) is 0 Å². The van der Waals surface area contributed by atoms with Gasteiger partial charge in [0.2, 0.25) is 0 Å². The van der Waals surface area contributed by atoms with E-state index in [9.17, 15) is 13.2 Å². The lowest BCUT2D eigenvalue weighted by Crippen LogP contribution is -2.08. The third-order valence-electron chi connectivity index (χ3n) is 2.49. The topological polar surface area (TPSA) is 33.4 Å². The third-order valence-corrected chi connectivity index (χ3v) is 2.49. The molecule has 0 saturated carbocycles. The first-order chi connectivity index (χ1) is 7.98. The number of hydrogen-bond acceptors (Lipinski definition) is 2. The molecule has 0 spiro atoms. The van der Waals surface area contributed by atoms with Crippen LogP contribution in [0.5, 0.6) is 0 Å². The second-order valence-electron chi connectivity index (χ2n) is 3.86. The molecule has 0 radical (unpaired) electrons. The zero-order valence-corrected chi connectivity index (χ0v) is 8.92. The molecule has 0 fully saturated rings. The van der Waals surface area contributed by atoms with E-state index in [-0.39, 0.29) is 13.0 Å². The summed E-state index contributed by atoms with van der Waals surface area (Å²) in [6, 6.07) is 6.59. The van der Waals surface area contributed by atoms with Crippen molar-refractivity contribution >= 4 is 11.0 Å². The third kappa shape index (κ3) is 3.00. The van der Waals surface area contributed by atoms with E-state index in [1.165, 1.54) is 0 Å². The second-order valence-corrected chi connectivity index (χ2v) is 3.86. The number of hydrogen-bond donors (Lipinski definition) is 1. The molecule has 0 saturated heterocycles. The predicted molar refractivity (Wildman–Crippen MR) is 56.5 cm³/mol. The Morgan fingerprint density at radius 1 is 1.18 bits per heavy atom. The van der Waals surface area contributed by atoms with Crippen molar-refractivity contribution in [2.24, 2.45) is 0 Å². The normalized spacial score (nSPS) is 12.2. The van der Waals surface area contributed by atoms with E-state index in [2.05, 4.69) is 0 Å². The highest BCUT2D eigenvalue weighted by Crippen LogP contribution is 2.25. The maximum absolute atomic E-state index is 12.1. The average molecular weight is 244 g/mol. The highest BCUT2D eigenvalue weighted by Gasteiger charge is 2.26. The highest BCUT2D eigenvalue weighted by molar-refractivity contribution is 5.78. The van der Waals surface area contributed by atoms with Gasteiger partial charge in [-0.05, 0) is 24.1 Å². The van der Waals surface area contributed by atoms with Crippen LogP contribution < -0.4 is 0 Å². The Bertz CT molecular complexity index is 514. The number of benzene rings is 1. The molecule has 0 atom stereocenters. The first kappa shape index (κ1) is 12.0. The lowest BCUT2D eigenvalue weighted by atomic mass is 10.1. The van der Waals surface area contributed by atoms with Crippen molar-refractivity contribution in [2.75, 3.05) is 0 Å². The molecule has 2 aromatic rings. The minimum Gasteiger partial charge on any atom is -0.459 e. The first-order valence-electron chi connectivity index (χ1n) is 5.17. The molecule has 0 unspecified atom stereocenters. The summed E-state index contributed by atoms with van der Waals surface area (Å²) in [5, 5.41) is 9.66. The summed E-state index contributed by atoms with van der Waals surface area (Å²) < 4.78 is 41.4. The van der Waals surface area contributed by atoms with Gasteiger partial charge in [-0.15, -0.1) is 0 Å². The maximum Gasteiger partial charge on any atom is 0.389 e. The standard InChI is InChI=1S/C12H11F3O2/c13-12(14,15)4-3-8-1-2-9-6-10(7-16)17-11(9)5-8/h1-2,5-6,16H,3-4,7H2. The number of aliphatic hydroxyl groups excluding tert-OH is 1. The van der Waals surface area contributed by atoms with Gasteiger partial charge >= 0.3 is 6.18 Å². The maximum atomic E-state index is 12.1. The Morgan fingerprint density at radius 2 is 1.94 bits per heavy atom. The van der Waals surface area contributed by atoms with E-state index in [0.717, 1.165) is 5.39 Å². The van der Waals surface area contributed by atoms with Crippen LogP contribution in [0.4, 0.5) is 13.2 Å². The molecule has 1 aromatic heterocycles. The summed E-state index contributed by atoms with van der Waals surface area (Å²) in [6.07, 6.45) is -5.05. The summed E-state index contributed by atoms with van der Waals surface area (Å²) >= 11 is 0. The molecule has 1 aromatic carbocycles. The van der Waals surface area contributed by atoms with Crippen LogP contribution in [-0.2, 0) is 13.0 Å². The van der Waals surface area contributed by atoms with Gasteiger partial charge in [0.1, 0.15) is 18.0 Å². The van der Waals surface area contributed by atoms with Crippen LogP contribution in [0.2, 0.25) is 0 Å². The number of aryl methyl sites for hydroxylation is 1. The number of rotatable bonds is 3. The van der Waals surface area contributed by atoms with Crippen molar-refractivity contribution in [3.63, 3.8) is 0 Å². The van der Waals surface area contributed by atoms with Crippen LogP contribution in [0.25, 0.3) is 11.0 Å². The summed E-state index contributed by atoms with van der Waals surface area (Å²) in [7, 11) is 0. The Morgan fingerprint density at radius 3 is 2.59 bits per heavy atom. The van der Waals surface area contributed by atoms with Crippen LogP contribution in [0.3, 0.4) is 0 Å². The fourth-order valence-corrected chi connectivity index (χ4v) is 1.65. The fourth-order valence-electron chi connectivity index (χ4n) is 1.65. The minimum atomic E-state index is -4.14. The van der Waals surface area contributed by atoms with Crippen molar-refractivity contribution in [1.82, 2.24) is 0 Å². The SMILES string of the molecule is OCc1cc2ccc(CCC(F)(F)F)cc2o1. The van der Waals surface area contributed by atoms with Crippen LogP contribution >= 0.6 is 0 Å². The number of halogens is 3. The van der Waals surface area contributed by atoms with Gasteiger partial charge in [0.05, 0.1) is 0 Å². The highest BCUT2D eigenvalue weighted by atomic mass is 19.4. The van der Waals surface area contributed by atoms with Gasteiger partial charge in [-0.2, -0.15) is 13.2 Å². The van der Waals surface area contributed by atoms with Crippen LogP contribution in [0.15, 0.2) is 28.7 Å². The Labute approximate surface area is 95.7 Å². The summed E-state index contributed by atoms with van der Waals surface area (Å²) in [4.78, 5) is 0. The molecule has 5 heteroatoms. The van der Waals surface area contributed by atoms with E-state index < -0.39 is 12.6 Å². The largest absolute Gasteiger partial charge is 0.459 e. The molecule has 0 aliphatic carbocycles. The van der Waals surface area contributed by atoms with Crippen LogP contribution in [-0.4, -0.2) is 11.3 Å². The van der Waals surface area contributed by atoms with Gasteiger partial charge in [-0.1, -0.05) is 12.1 Å². The Kier molecular flexibility index (Phi) is 3.11. The molecule has 0 amide bonds. The zero-order chi connectivity index (χ0) is 12.5. The quantitative estimate of drug-likeness (QED) is 0.897. The van der Waals surface area contributed by atoms with E-state index in [1.807, 2.05) is 0 Å². The molecule has 0 aliphatic rings. The van der Waals surface area contributed by atoms with E-state index in [1.54, 1.807) is 24.3 Å². The zero-order valence-electron chi connectivity index (χ0n) is 8.92. The van der Waals surface area contributed by atoms with Crippen molar-refractivity contribution < 1.29 is 22.7 Å². The molecular weight excluding hydrogens is 233 g/mol. The van der Waals surface area contributed by atoms with Gasteiger partial charge in [-0.25, -0.2) is 0 Å². The lowest BCUT2D eigenvalue weighted by molar-refractivity contribution is -0.133. The van der Waals surface area contributed by atoms with E-state index in [0.29, 0.717) is 16.9 Å². The molecule has 92 valence electrons. The first-order valence-corrected chi connectivity index (χ1v) is 5.17. The van der Waals surface area contributed by atoms with E-state index >= 15 is 0 Å². The molecule has 1 N–H and O–H groups in total. The monoisotopic (exact) mass is 244 g/mol. The summed E-state index contributed by atoms with van der Waals surface area (Å²) in [5.74, 6) is 0.410. The molecular formula is C12H11F3O2. The molecule has 17 heavy (non-hydrogen) atoms. The molecule has 2 nitrogen and oxygen atoms in total. The van der Waals surface area contributed by atoms with Crippen LogP contribution in [0, 0.1) is 0 Å². The Hall–Kier alpha value is -1.49. The van der Waals surface area contributed by atoms with Crippen molar-refractivity contribution in [1.29, 1.82) is 0 Å². The van der Waals surface area contributed by atoms with Crippen molar-refractivity contribution in [3.05, 3.63) is 35.6 Å². The van der Waals surface area contributed by atoms with Gasteiger partial charge in [0.15, 0.2) is 0 Å². The summed E-state index contributed by atoms with van der Waals surface area (Å²) in [5.41, 5.74) is 1.09. The molecule has 1 heterocycles. The smallest absolute Gasteiger partial charge is 0.389 e. The fraction of sp³-hybridized carbons (Fsp3) is 0.333. The number of fused-ring (bicyclic) bond motifs is 1. The van der Waals surface area contributed by atoms with Crippen molar-refractivity contribution in [2.45, 2.75) is 25.6 Å². The Balaban J connectivity index is 2.19. The van der Waals surface area contributed by atoms with Gasteiger partial charge < -0.3 is 9.52 Å². The lowest BCUT2D eigenvalue weighted by Gasteiger charge is -2.05.